The molecule has 3 aromatic rings. The van der Waals surface area contributed by atoms with Crippen molar-refractivity contribution in [3.63, 3.8) is 0 Å². The van der Waals surface area contributed by atoms with E-state index in [0.29, 0.717) is 6.04 Å². The van der Waals surface area contributed by atoms with E-state index in [2.05, 4.69) is 92.9 Å². The summed E-state index contributed by atoms with van der Waals surface area (Å²) in [5, 5.41) is 0. The van der Waals surface area contributed by atoms with E-state index in [9.17, 15) is 0 Å². The highest BCUT2D eigenvalue weighted by Crippen LogP contribution is 2.54. The quantitative estimate of drug-likeness (QED) is 0.433. The molecule has 2 aliphatic rings. The van der Waals surface area contributed by atoms with Crippen LogP contribution in [0.5, 0.6) is 0 Å². The molecule has 1 atom stereocenters. The second kappa shape index (κ2) is 6.10. The van der Waals surface area contributed by atoms with Crippen molar-refractivity contribution in [3.8, 4) is 11.1 Å². The maximum absolute atomic E-state index is 4.84. The van der Waals surface area contributed by atoms with Gasteiger partial charge in [0.1, 0.15) is 6.17 Å². The van der Waals surface area contributed by atoms with E-state index in [1.165, 1.54) is 45.0 Å². The Morgan fingerprint density at radius 3 is 2.50 bits per heavy atom. The van der Waals surface area contributed by atoms with Crippen LogP contribution in [0.1, 0.15) is 43.3 Å². The average molecular weight is 370 g/mol. The Kier molecular flexibility index (Phi) is 3.77. The molecule has 0 spiro atoms. The number of pyridine rings is 1. The summed E-state index contributed by atoms with van der Waals surface area (Å²) in [5.41, 5.74) is 11.7. The van der Waals surface area contributed by atoms with Crippen LogP contribution in [0, 0.1) is 13.8 Å². The van der Waals surface area contributed by atoms with Gasteiger partial charge < -0.3 is 9.80 Å². The summed E-state index contributed by atoms with van der Waals surface area (Å²) in [5.74, 6) is 0. The molecule has 142 valence electrons. The molecule has 3 heteroatoms. The maximum atomic E-state index is 4.84. The van der Waals surface area contributed by atoms with Gasteiger partial charge in [-0.25, -0.2) is 0 Å². The van der Waals surface area contributed by atoms with Crippen molar-refractivity contribution < 1.29 is 0 Å². The molecule has 0 fully saturated rings. The first-order chi connectivity index (χ1) is 13.5. The van der Waals surface area contributed by atoms with Crippen LogP contribution in [-0.2, 0) is 6.42 Å². The second-order valence-corrected chi connectivity index (χ2v) is 8.38. The molecule has 2 heterocycles. The van der Waals surface area contributed by atoms with Gasteiger partial charge in [-0.3, -0.25) is 4.98 Å². The summed E-state index contributed by atoms with van der Waals surface area (Å²) in [4.78, 5) is 9.93. The first-order valence-electron chi connectivity index (χ1n) is 10.2. The molecule has 3 nitrogen and oxygen atoms in total. The summed E-state index contributed by atoms with van der Waals surface area (Å²) in [6, 6.07) is 18.2. The minimum absolute atomic E-state index is 0.269. The maximum Gasteiger partial charge on any atom is 0.104 e. The van der Waals surface area contributed by atoms with Crippen molar-refractivity contribution in [2.24, 2.45) is 0 Å². The van der Waals surface area contributed by atoms with Gasteiger partial charge in [0.05, 0.1) is 17.1 Å². The lowest BCUT2D eigenvalue weighted by molar-refractivity contribution is 0.607. The van der Waals surface area contributed by atoms with E-state index in [1.54, 1.807) is 0 Å². The lowest BCUT2D eigenvalue weighted by Crippen LogP contribution is -2.42. The normalized spacial score (nSPS) is 17.1. The van der Waals surface area contributed by atoms with Crippen LogP contribution < -0.4 is 9.80 Å². The third-order valence-electron chi connectivity index (χ3n) is 6.21. The van der Waals surface area contributed by atoms with Crippen molar-refractivity contribution in [2.75, 3.05) is 9.80 Å². The molecule has 1 aliphatic carbocycles. The summed E-state index contributed by atoms with van der Waals surface area (Å²) in [6.07, 6.45) is 1.20. The van der Waals surface area contributed by atoms with Gasteiger partial charge in [-0.05, 0) is 63.9 Å². The van der Waals surface area contributed by atoms with Gasteiger partial charge in [-0.1, -0.05) is 30.3 Å². The number of aromatic nitrogens is 1. The van der Waals surface area contributed by atoms with Crippen LogP contribution in [0.4, 0.5) is 17.1 Å². The standard InChI is InChI=1S/C25H27N3/c1-15(2)27-18(5)28(22-9-7-6-8-16(22)3)23-13-11-19-14-21-20(24(19)25(23)27)12-10-17(4)26-21/h6-13,15,18H,14H2,1-5H3/t18-/m0/s1. The molecule has 0 amide bonds. The smallest absolute Gasteiger partial charge is 0.104 e. The summed E-state index contributed by atoms with van der Waals surface area (Å²) < 4.78 is 0. The fourth-order valence-corrected chi connectivity index (χ4v) is 5.05. The fraction of sp³-hybridized carbons (Fsp3) is 0.320. The zero-order chi connectivity index (χ0) is 19.6. The Labute approximate surface area is 167 Å². The number of aryl methyl sites for hydroxylation is 2. The predicted octanol–water partition coefficient (Wildman–Crippen LogP) is 5.98. The summed E-state index contributed by atoms with van der Waals surface area (Å²) in [6.45, 7) is 11.2. The second-order valence-electron chi connectivity index (χ2n) is 8.38. The molecule has 5 rings (SSSR count). The molecule has 0 N–H and O–H groups in total. The lowest BCUT2D eigenvalue weighted by atomic mass is 10.0. The molecule has 0 saturated carbocycles. The topological polar surface area (TPSA) is 19.4 Å². The fourth-order valence-electron chi connectivity index (χ4n) is 5.05. The first kappa shape index (κ1) is 17.3. The number of para-hydroxylation sites is 1. The highest BCUT2D eigenvalue weighted by molar-refractivity contribution is 5.98. The van der Waals surface area contributed by atoms with E-state index >= 15 is 0 Å². The van der Waals surface area contributed by atoms with Gasteiger partial charge in [-0.15, -0.1) is 0 Å². The molecule has 0 radical (unpaired) electrons. The van der Waals surface area contributed by atoms with Crippen molar-refractivity contribution >= 4 is 17.1 Å². The van der Waals surface area contributed by atoms with Gasteiger partial charge in [0, 0.05) is 35.0 Å². The summed E-state index contributed by atoms with van der Waals surface area (Å²) >= 11 is 0. The SMILES string of the molecule is Cc1ccc2c(n1)Cc1ccc3c(c1-2)N(C(C)C)[C@H](C)N3c1ccccc1C. The van der Waals surface area contributed by atoms with Gasteiger partial charge in [0.25, 0.3) is 0 Å². The molecule has 0 saturated heterocycles. The van der Waals surface area contributed by atoms with Gasteiger partial charge in [0.15, 0.2) is 0 Å². The molecule has 2 aromatic carbocycles. The van der Waals surface area contributed by atoms with Crippen molar-refractivity contribution in [3.05, 3.63) is 71.0 Å². The molecular formula is C25H27N3. The Balaban J connectivity index is 1.78. The molecule has 28 heavy (non-hydrogen) atoms. The van der Waals surface area contributed by atoms with Crippen molar-refractivity contribution in [2.45, 2.75) is 53.2 Å². The van der Waals surface area contributed by atoms with Gasteiger partial charge in [-0.2, -0.15) is 0 Å². The number of benzene rings is 2. The number of rotatable bonds is 2. The van der Waals surface area contributed by atoms with Crippen LogP contribution in [0.2, 0.25) is 0 Å². The van der Waals surface area contributed by atoms with Crippen LogP contribution in [0.3, 0.4) is 0 Å². The minimum Gasteiger partial charge on any atom is -0.346 e. The van der Waals surface area contributed by atoms with E-state index in [-0.39, 0.29) is 6.17 Å². The van der Waals surface area contributed by atoms with E-state index in [4.69, 9.17) is 4.98 Å². The Morgan fingerprint density at radius 2 is 1.75 bits per heavy atom. The predicted molar refractivity (Wildman–Crippen MR) is 118 cm³/mol. The van der Waals surface area contributed by atoms with Crippen molar-refractivity contribution in [1.82, 2.24) is 4.98 Å². The van der Waals surface area contributed by atoms with Crippen LogP contribution >= 0.6 is 0 Å². The lowest BCUT2D eigenvalue weighted by Gasteiger charge is -2.34. The third kappa shape index (κ3) is 2.32. The molecule has 1 aromatic heterocycles. The number of hydrogen-bond donors (Lipinski definition) is 0. The van der Waals surface area contributed by atoms with Gasteiger partial charge in [0.2, 0.25) is 0 Å². The highest BCUT2D eigenvalue weighted by atomic mass is 15.4. The number of anilines is 3. The molecule has 1 aliphatic heterocycles. The molecular weight excluding hydrogens is 342 g/mol. The molecule has 0 unspecified atom stereocenters. The number of nitrogens with zero attached hydrogens (tertiary/aromatic N) is 3. The minimum atomic E-state index is 0.269. The van der Waals surface area contributed by atoms with Crippen LogP contribution in [0.15, 0.2) is 48.5 Å². The Morgan fingerprint density at radius 1 is 0.964 bits per heavy atom. The highest BCUT2D eigenvalue weighted by Gasteiger charge is 2.40. The third-order valence-corrected chi connectivity index (χ3v) is 6.21. The van der Waals surface area contributed by atoms with Crippen LogP contribution in [0.25, 0.3) is 11.1 Å². The Hall–Kier alpha value is -2.81. The number of fused-ring (bicyclic) bond motifs is 5. The number of hydrogen-bond acceptors (Lipinski definition) is 3. The van der Waals surface area contributed by atoms with Crippen molar-refractivity contribution in [1.29, 1.82) is 0 Å². The van der Waals surface area contributed by atoms with Gasteiger partial charge >= 0.3 is 0 Å². The largest absolute Gasteiger partial charge is 0.346 e. The molecule has 0 bridgehead atoms. The zero-order valence-electron chi connectivity index (χ0n) is 17.3. The first-order valence-corrected chi connectivity index (χ1v) is 10.2. The van der Waals surface area contributed by atoms with E-state index < -0.39 is 0 Å². The summed E-state index contributed by atoms with van der Waals surface area (Å²) in [7, 11) is 0. The monoisotopic (exact) mass is 369 g/mol. The van der Waals surface area contributed by atoms with Crippen LogP contribution in [-0.4, -0.2) is 17.2 Å². The van der Waals surface area contributed by atoms with E-state index in [1.807, 2.05) is 0 Å². The van der Waals surface area contributed by atoms with E-state index in [0.717, 1.165) is 12.1 Å². The average Bonchev–Trinajstić information content (AvgIpc) is 3.15. The zero-order valence-corrected chi connectivity index (χ0v) is 17.3. The Bertz CT molecular complexity index is 1080.